The van der Waals surface area contributed by atoms with E-state index in [1.807, 2.05) is 6.92 Å². The highest BCUT2D eigenvalue weighted by Crippen LogP contribution is 2.15. The predicted octanol–water partition coefficient (Wildman–Crippen LogP) is 2.26. The summed E-state index contributed by atoms with van der Waals surface area (Å²) in [5.41, 5.74) is -0.255. The SMILES string of the molecule is CC1CC(NC(=O)c2cccc(F)c2F)CCO1. The summed E-state index contributed by atoms with van der Waals surface area (Å²) in [6.07, 6.45) is 1.44. The number of nitrogens with one attached hydrogen (secondary N) is 1. The fraction of sp³-hybridized carbons (Fsp3) is 0.462. The predicted molar refractivity (Wildman–Crippen MR) is 62.3 cm³/mol. The topological polar surface area (TPSA) is 38.3 Å². The molecule has 1 aliphatic rings. The van der Waals surface area contributed by atoms with E-state index >= 15 is 0 Å². The van der Waals surface area contributed by atoms with E-state index in [0.29, 0.717) is 19.4 Å². The molecule has 5 heteroatoms. The Labute approximate surface area is 104 Å². The summed E-state index contributed by atoms with van der Waals surface area (Å²) in [4.78, 5) is 11.8. The Balaban J connectivity index is 2.05. The number of benzene rings is 1. The summed E-state index contributed by atoms with van der Waals surface area (Å²) in [5, 5.41) is 2.71. The van der Waals surface area contributed by atoms with Crippen molar-refractivity contribution in [3.8, 4) is 0 Å². The van der Waals surface area contributed by atoms with Gasteiger partial charge in [0.05, 0.1) is 11.7 Å². The second-order valence-corrected chi connectivity index (χ2v) is 4.48. The minimum Gasteiger partial charge on any atom is -0.378 e. The highest BCUT2D eigenvalue weighted by molar-refractivity contribution is 5.94. The van der Waals surface area contributed by atoms with Crippen LogP contribution in [0, 0.1) is 11.6 Å². The van der Waals surface area contributed by atoms with Crippen LogP contribution in [-0.2, 0) is 4.74 Å². The van der Waals surface area contributed by atoms with Crippen LogP contribution in [0.3, 0.4) is 0 Å². The summed E-state index contributed by atoms with van der Waals surface area (Å²) >= 11 is 0. The van der Waals surface area contributed by atoms with Crippen molar-refractivity contribution in [3.63, 3.8) is 0 Å². The van der Waals surface area contributed by atoms with Crippen molar-refractivity contribution in [2.75, 3.05) is 6.61 Å². The van der Waals surface area contributed by atoms with Gasteiger partial charge >= 0.3 is 0 Å². The van der Waals surface area contributed by atoms with Gasteiger partial charge in [0.2, 0.25) is 0 Å². The molecule has 1 saturated heterocycles. The van der Waals surface area contributed by atoms with Crippen molar-refractivity contribution in [2.24, 2.45) is 0 Å². The van der Waals surface area contributed by atoms with Crippen LogP contribution in [-0.4, -0.2) is 24.7 Å². The highest BCUT2D eigenvalue weighted by atomic mass is 19.2. The first-order valence-electron chi connectivity index (χ1n) is 5.94. The van der Waals surface area contributed by atoms with Crippen LogP contribution in [0.4, 0.5) is 8.78 Å². The Kier molecular flexibility index (Phi) is 3.91. The maximum atomic E-state index is 13.4. The minimum absolute atomic E-state index is 0.0519. The first-order valence-corrected chi connectivity index (χ1v) is 5.94. The van der Waals surface area contributed by atoms with Gasteiger partial charge in [0.1, 0.15) is 0 Å². The summed E-state index contributed by atoms with van der Waals surface area (Å²) in [6, 6.07) is 3.53. The van der Waals surface area contributed by atoms with Crippen LogP contribution in [0.15, 0.2) is 18.2 Å². The van der Waals surface area contributed by atoms with Gasteiger partial charge in [0.25, 0.3) is 5.91 Å². The summed E-state index contributed by atoms with van der Waals surface area (Å²) < 4.78 is 31.8. The second kappa shape index (κ2) is 5.44. The zero-order valence-corrected chi connectivity index (χ0v) is 10.1. The lowest BCUT2D eigenvalue weighted by Crippen LogP contribution is -2.41. The summed E-state index contributed by atoms with van der Waals surface area (Å²) in [6.45, 7) is 2.48. The number of carbonyl (C=O) groups excluding carboxylic acids is 1. The van der Waals surface area contributed by atoms with Crippen molar-refractivity contribution in [1.29, 1.82) is 0 Å². The highest BCUT2D eigenvalue weighted by Gasteiger charge is 2.23. The lowest BCUT2D eigenvalue weighted by atomic mass is 10.0. The monoisotopic (exact) mass is 255 g/mol. The van der Waals surface area contributed by atoms with Gasteiger partial charge in [-0.3, -0.25) is 4.79 Å². The third kappa shape index (κ3) is 2.85. The third-order valence-corrected chi connectivity index (χ3v) is 3.02. The molecule has 2 atom stereocenters. The molecule has 0 saturated carbocycles. The van der Waals surface area contributed by atoms with Crippen molar-refractivity contribution in [3.05, 3.63) is 35.4 Å². The van der Waals surface area contributed by atoms with Crippen molar-refractivity contribution in [2.45, 2.75) is 31.9 Å². The lowest BCUT2D eigenvalue weighted by Gasteiger charge is -2.27. The van der Waals surface area contributed by atoms with Gasteiger partial charge in [0, 0.05) is 12.6 Å². The number of amides is 1. The molecular formula is C13H15F2NO2. The molecule has 0 radical (unpaired) electrons. The Morgan fingerprint density at radius 3 is 2.94 bits per heavy atom. The molecule has 2 unspecified atom stereocenters. The van der Waals surface area contributed by atoms with E-state index in [2.05, 4.69) is 5.32 Å². The molecule has 18 heavy (non-hydrogen) atoms. The van der Waals surface area contributed by atoms with Crippen molar-refractivity contribution >= 4 is 5.91 Å². The lowest BCUT2D eigenvalue weighted by molar-refractivity contribution is 0.0136. The molecule has 1 heterocycles. The van der Waals surface area contributed by atoms with E-state index in [9.17, 15) is 13.6 Å². The molecule has 0 aliphatic carbocycles. The number of rotatable bonds is 2. The molecule has 2 rings (SSSR count). The zero-order valence-electron chi connectivity index (χ0n) is 10.1. The Morgan fingerprint density at radius 1 is 1.44 bits per heavy atom. The molecule has 1 amide bonds. The van der Waals surface area contributed by atoms with Gasteiger partial charge in [-0.2, -0.15) is 0 Å². The number of halogens is 2. The van der Waals surface area contributed by atoms with E-state index in [0.717, 1.165) is 6.07 Å². The van der Waals surface area contributed by atoms with Gasteiger partial charge in [-0.05, 0) is 31.9 Å². The number of carbonyl (C=O) groups is 1. The largest absolute Gasteiger partial charge is 0.378 e. The van der Waals surface area contributed by atoms with E-state index in [1.54, 1.807) is 0 Å². The zero-order chi connectivity index (χ0) is 13.1. The normalized spacial score (nSPS) is 23.7. The van der Waals surface area contributed by atoms with Gasteiger partial charge in [-0.25, -0.2) is 8.78 Å². The molecule has 1 fully saturated rings. The molecule has 3 nitrogen and oxygen atoms in total. The number of ether oxygens (including phenoxy) is 1. The summed E-state index contributed by atoms with van der Waals surface area (Å²) in [7, 11) is 0. The van der Waals surface area contributed by atoms with E-state index < -0.39 is 17.5 Å². The standard InChI is InChI=1S/C13H15F2NO2/c1-8-7-9(5-6-18-8)16-13(17)10-3-2-4-11(14)12(10)15/h2-4,8-9H,5-7H2,1H3,(H,16,17). The molecule has 0 bridgehead atoms. The van der Waals surface area contributed by atoms with Crippen molar-refractivity contribution in [1.82, 2.24) is 5.32 Å². The van der Waals surface area contributed by atoms with Crippen LogP contribution in [0.2, 0.25) is 0 Å². The van der Waals surface area contributed by atoms with Crippen LogP contribution >= 0.6 is 0 Å². The minimum atomic E-state index is -1.10. The van der Waals surface area contributed by atoms with Crippen molar-refractivity contribution < 1.29 is 18.3 Å². The van der Waals surface area contributed by atoms with Gasteiger partial charge in [-0.1, -0.05) is 6.07 Å². The van der Waals surface area contributed by atoms with Crippen LogP contribution in [0.25, 0.3) is 0 Å². The Bertz CT molecular complexity index is 451. The van der Waals surface area contributed by atoms with Gasteiger partial charge in [-0.15, -0.1) is 0 Å². The van der Waals surface area contributed by atoms with Crippen LogP contribution in [0.1, 0.15) is 30.1 Å². The molecule has 0 spiro atoms. The summed E-state index contributed by atoms with van der Waals surface area (Å²) in [5.74, 6) is -2.69. The second-order valence-electron chi connectivity index (χ2n) is 4.48. The van der Waals surface area contributed by atoms with Crippen LogP contribution in [0.5, 0.6) is 0 Å². The molecule has 1 aromatic rings. The quantitative estimate of drug-likeness (QED) is 0.880. The number of hydrogen-bond donors (Lipinski definition) is 1. The molecule has 1 aromatic carbocycles. The first-order chi connectivity index (χ1) is 8.58. The maximum absolute atomic E-state index is 13.4. The van der Waals surface area contributed by atoms with Gasteiger partial charge in [0.15, 0.2) is 11.6 Å². The number of hydrogen-bond acceptors (Lipinski definition) is 2. The molecule has 1 aliphatic heterocycles. The van der Waals surface area contributed by atoms with E-state index in [1.165, 1.54) is 12.1 Å². The smallest absolute Gasteiger partial charge is 0.254 e. The Hall–Kier alpha value is -1.49. The van der Waals surface area contributed by atoms with E-state index in [-0.39, 0.29) is 17.7 Å². The first kappa shape index (κ1) is 13.0. The molecular weight excluding hydrogens is 240 g/mol. The maximum Gasteiger partial charge on any atom is 0.254 e. The van der Waals surface area contributed by atoms with E-state index in [4.69, 9.17) is 4.74 Å². The Morgan fingerprint density at radius 2 is 2.22 bits per heavy atom. The average Bonchev–Trinajstić information content (AvgIpc) is 2.32. The third-order valence-electron chi connectivity index (χ3n) is 3.02. The molecule has 1 N–H and O–H groups in total. The average molecular weight is 255 g/mol. The van der Waals surface area contributed by atoms with Gasteiger partial charge < -0.3 is 10.1 Å². The van der Waals surface area contributed by atoms with Crippen LogP contribution < -0.4 is 5.32 Å². The fourth-order valence-corrected chi connectivity index (χ4v) is 2.07. The fourth-order valence-electron chi connectivity index (χ4n) is 2.07. The molecule has 0 aromatic heterocycles. The molecule has 98 valence electrons.